The van der Waals surface area contributed by atoms with Gasteiger partial charge in [0.05, 0.1) is 30.0 Å². The Bertz CT molecular complexity index is 969. The molecule has 2 heterocycles. The fraction of sp³-hybridized carbons (Fsp3) is 0.136. The molecule has 0 amide bonds. The maximum absolute atomic E-state index is 6.11. The largest absolute Gasteiger partial charge is 0.492 e. The number of nitrogens with zero attached hydrogens (tertiary/aromatic N) is 2. The number of hydrogen-bond acceptors (Lipinski definition) is 3. The molecule has 0 bridgehead atoms. The van der Waals surface area contributed by atoms with E-state index < -0.39 is 0 Å². The number of halogens is 1. The van der Waals surface area contributed by atoms with Crippen molar-refractivity contribution in [3.63, 3.8) is 0 Å². The zero-order valence-corrected chi connectivity index (χ0v) is 14.8. The van der Waals surface area contributed by atoms with Crippen molar-refractivity contribution >= 4 is 23.0 Å². The number of benzene rings is 3. The molecule has 0 saturated heterocycles. The molecular formula is C22H17ClN2O. The maximum Gasteiger partial charge on any atom is 0.128 e. The van der Waals surface area contributed by atoms with Crippen LogP contribution < -0.4 is 9.75 Å². The number of ether oxygens (including phenoxy) is 1. The molecule has 0 aromatic heterocycles. The Morgan fingerprint density at radius 1 is 0.885 bits per heavy atom. The van der Waals surface area contributed by atoms with Crippen molar-refractivity contribution in [1.82, 2.24) is 0 Å². The van der Waals surface area contributed by atoms with Crippen molar-refractivity contribution in [3.05, 3.63) is 95.0 Å². The van der Waals surface area contributed by atoms with Crippen molar-refractivity contribution in [2.75, 3.05) is 11.6 Å². The second kappa shape index (κ2) is 6.19. The predicted molar refractivity (Wildman–Crippen MR) is 105 cm³/mol. The highest BCUT2D eigenvalue weighted by atomic mass is 35.5. The van der Waals surface area contributed by atoms with E-state index in [0.717, 1.165) is 27.7 Å². The van der Waals surface area contributed by atoms with Gasteiger partial charge >= 0.3 is 0 Å². The lowest BCUT2D eigenvalue weighted by Crippen LogP contribution is -2.32. The molecule has 0 radical (unpaired) electrons. The number of hydrazone groups is 1. The molecule has 3 nitrogen and oxygen atoms in total. The molecule has 2 aliphatic rings. The highest BCUT2D eigenvalue weighted by Crippen LogP contribution is 2.44. The van der Waals surface area contributed by atoms with E-state index >= 15 is 0 Å². The van der Waals surface area contributed by atoms with Crippen LogP contribution in [0, 0.1) is 5.92 Å². The van der Waals surface area contributed by atoms with E-state index in [2.05, 4.69) is 35.3 Å². The van der Waals surface area contributed by atoms with Gasteiger partial charge in [0.15, 0.2) is 0 Å². The molecule has 0 fully saturated rings. The molecule has 128 valence electrons. The van der Waals surface area contributed by atoms with Crippen molar-refractivity contribution in [3.8, 4) is 5.75 Å². The van der Waals surface area contributed by atoms with Crippen LogP contribution in [0.1, 0.15) is 17.2 Å². The Balaban J connectivity index is 1.65. The average molecular weight is 361 g/mol. The molecule has 3 aromatic rings. The molecule has 2 atom stereocenters. The minimum absolute atomic E-state index is 0.0815. The van der Waals surface area contributed by atoms with E-state index in [0.29, 0.717) is 6.61 Å². The summed E-state index contributed by atoms with van der Waals surface area (Å²) < 4.78 is 6.06. The Labute approximate surface area is 157 Å². The zero-order valence-electron chi connectivity index (χ0n) is 14.0. The van der Waals surface area contributed by atoms with E-state index in [-0.39, 0.29) is 12.0 Å². The molecule has 0 N–H and O–H groups in total. The van der Waals surface area contributed by atoms with Gasteiger partial charge in [-0.3, -0.25) is 5.01 Å². The lowest BCUT2D eigenvalue weighted by atomic mass is 9.86. The second-order valence-electron chi connectivity index (χ2n) is 6.58. The Hall–Kier alpha value is -2.78. The van der Waals surface area contributed by atoms with E-state index in [1.54, 1.807) is 0 Å². The number of hydrogen-bond donors (Lipinski definition) is 0. The lowest BCUT2D eigenvalue weighted by Gasteiger charge is -2.30. The topological polar surface area (TPSA) is 24.8 Å². The third-order valence-electron chi connectivity index (χ3n) is 5.02. The van der Waals surface area contributed by atoms with Gasteiger partial charge in [0.2, 0.25) is 0 Å². The van der Waals surface area contributed by atoms with E-state index in [1.807, 2.05) is 48.5 Å². The standard InChI is InChI=1S/C22H17ClN2O/c23-16-12-10-15(11-13-16)22-19-14-26-20-9-5-4-8-18(20)21(19)24-25(22)17-6-2-1-3-7-17/h1-13,19,22H,14H2. The van der Waals surface area contributed by atoms with Gasteiger partial charge in [-0.25, -0.2) is 0 Å². The van der Waals surface area contributed by atoms with Gasteiger partial charge in [-0.05, 0) is 42.0 Å². The monoisotopic (exact) mass is 360 g/mol. The van der Waals surface area contributed by atoms with Crippen LogP contribution in [0.25, 0.3) is 0 Å². The first-order valence-electron chi connectivity index (χ1n) is 8.72. The van der Waals surface area contributed by atoms with Crippen LogP contribution in [-0.4, -0.2) is 12.3 Å². The predicted octanol–water partition coefficient (Wildman–Crippen LogP) is 5.31. The summed E-state index contributed by atoms with van der Waals surface area (Å²) in [7, 11) is 0. The average Bonchev–Trinajstić information content (AvgIpc) is 3.09. The minimum atomic E-state index is 0.0815. The fourth-order valence-corrected chi connectivity index (χ4v) is 3.94. The first-order valence-corrected chi connectivity index (χ1v) is 9.09. The van der Waals surface area contributed by atoms with Gasteiger partial charge in [0, 0.05) is 10.6 Å². The van der Waals surface area contributed by atoms with E-state index in [1.165, 1.54) is 5.56 Å². The van der Waals surface area contributed by atoms with Gasteiger partial charge in [-0.15, -0.1) is 0 Å². The molecule has 2 aliphatic heterocycles. The molecule has 4 heteroatoms. The summed E-state index contributed by atoms with van der Waals surface area (Å²) in [6.45, 7) is 0.618. The minimum Gasteiger partial charge on any atom is -0.492 e. The number of anilines is 1. The Morgan fingerprint density at radius 2 is 1.62 bits per heavy atom. The summed E-state index contributed by atoms with van der Waals surface area (Å²) in [6, 6.07) is 26.6. The summed E-state index contributed by atoms with van der Waals surface area (Å²) in [4.78, 5) is 0. The fourth-order valence-electron chi connectivity index (χ4n) is 3.81. The molecule has 5 rings (SSSR count). The molecule has 26 heavy (non-hydrogen) atoms. The first kappa shape index (κ1) is 15.5. The Kier molecular flexibility index (Phi) is 3.68. The summed E-state index contributed by atoms with van der Waals surface area (Å²) in [5.74, 6) is 1.08. The molecule has 0 aliphatic carbocycles. The number of para-hydroxylation sites is 2. The van der Waals surface area contributed by atoms with Crippen molar-refractivity contribution < 1.29 is 4.74 Å². The third-order valence-corrected chi connectivity index (χ3v) is 5.28. The van der Waals surface area contributed by atoms with Gasteiger partial charge in [-0.2, -0.15) is 5.10 Å². The molecule has 0 saturated carbocycles. The first-order chi connectivity index (χ1) is 12.8. The van der Waals surface area contributed by atoms with Crippen molar-refractivity contribution in [1.29, 1.82) is 0 Å². The third kappa shape index (κ3) is 2.47. The summed E-state index contributed by atoms with van der Waals surface area (Å²) in [5, 5.41) is 7.90. The highest BCUT2D eigenvalue weighted by molar-refractivity contribution is 6.30. The smallest absolute Gasteiger partial charge is 0.128 e. The summed E-state index contributed by atoms with van der Waals surface area (Å²) in [6.07, 6.45) is 0. The number of rotatable bonds is 2. The second-order valence-corrected chi connectivity index (χ2v) is 7.01. The van der Waals surface area contributed by atoms with Crippen molar-refractivity contribution in [2.24, 2.45) is 11.0 Å². The van der Waals surface area contributed by atoms with E-state index in [4.69, 9.17) is 21.4 Å². The van der Waals surface area contributed by atoms with Crippen LogP contribution >= 0.6 is 11.6 Å². The van der Waals surface area contributed by atoms with Crippen LogP contribution in [0.15, 0.2) is 84.0 Å². The molecular weight excluding hydrogens is 344 g/mol. The molecule has 0 spiro atoms. The van der Waals surface area contributed by atoms with Crippen molar-refractivity contribution in [2.45, 2.75) is 6.04 Å². The van der Waals surface area contributed by atoms with Crippen LogP contribution in [0.2, 0.25) is 5.02 Å². The summed E-state index contributed by atoms with van der Waals surface area (Å²) in [5.41, 5.74) is 4.44. The lowest BCUT2D eigenvalue weighted by molar-refractivity contribution is 0.260. The normalized spacial score (nSPS) is 20.8. The molecule has 3 aromatic carbocycles. The quantitative estimate of drug-likeness (QED) is 0.618. The van der Waals surface area contributed by atoms with Crippen LogP contribution in [-0.2, 0) is 0 Å². The van der Waals surface area contributed by atoms with Crippen LogP contribution in [0.3, 0.4) is 0 Å². The highest BCUT2D eigenvalue weighted by Gasteiger charge is 2.43. The maximum atomic E-state index is 6.11. The zero-order chi connectivity index (χ0) is 17.5. The van der Waals surface area contributed by atoms with Crippen LogP contribution in [0.5, 0.6) is 5.75 Å². The van der Waals surface area contributed by atoms with Gasteiger partial charge in [-0.1, -0.05) is 54.1 Å². The molecule has 2 unspecified atom stereocenters. The SMILES string of the molecule is Clc1ccc(C2C3COc4ccccc4C3=NN2c2ccccc2)cc1. The summed E-state index contributed by atoms with van der Waals surface area (Å²) >= 11 is 6.11. The van der Waals surface area contributed by atoms with Gasteiger partial charge in [0.25, 0.3) is 0 Å². The van der Waals surface area contributed by atoms with Gasteiger partial charge < -0.3 is 4.74 Å². The van der Waals surface area contributed by atoms with Gasteiger partial charge in [0.1, 0.15) is 5.75 Å². The Morgan fingerprint density at radius 3 is 2.42 bits per heavy atom. The number of fused-ring (bicyclic) bond motifs is 3. The van der Waals surface area contributed by atoms with E-state index in [9.17, 15) is 0 Å². The van der Waals surface area contributed by atoms with Crippen LogP contribution in [0.4, 0.5) is 5.69 Å².